The Morgan fingerprint density at radius 3 is 1.69 bits per heavy atom. The first kappa shape index (κ1) is 34.2. The van der Waals surface area contributed by atoms with Crippen LogP contribution in [-0.4, -0.2) is 77.4 Å². The zero-order chi connectivity index (χ0) is 27.0. The number of carbonyl (C=O) groups excluding carboxylic acids is 1. The highest BCUT2D eigenvalue weighted by Crippen LogP contribution is 2.30. The van der Waals surface area contributed by atoms with Gasteiger partial charge in [-0.2, -0.15) is 10.2 Å². The molecule has 0 atom stereocenters. The molecule has 2 fully saturated rings. The first-order valence-electron chi connectivity index (χ1n) is 12.6. The van der Waals surface area contributed by atoms with Crippen LogP contribution in [0, 0.1) is 0 Å². The number of methoxy groups -OCH3 is 2. The Kier molecular flexibility index (Phi) is 13.8. The fourth-order valence-corrected chi connectivity index (χ4v) is 4.32. The molecular formula is C25H42Cl2N8O4. The molecule has 2 aliphatic heterocycles. The Hall–Kier alpha value is -2.83. The monoisotopic (exact) mass is 588 g/mol. The second-order valence-electron chi connectivity index (χ2n) is 10.2. The molecule has 0 radical (unpaired) electrons. The zero-order valence-corrected chi connectivity index (χ0v) is 24.9. The first-order chi connectivity index (χ1) is 17.6. The summed E-state index contributed by atoms with van der Waals surface area (Å²) in [5.74, 6) is 2.54. The molecule has 0 saturated carbocycles. The van der Waals surface area contributed by atoms with Crippen LogP contribution in [0.4, 0.5) is 16.4 Å². The van der Waals surface area contributed by atoms with Gasteiger partial charge in [-0.25, -0.2) is 4.79 Å². The van der Waals surface area contributed by atoms with Gasteiger partial charge in [0.25, 0.3) is 0 Å². The van der Waals surface area contributed by atoms with Crippen molar-refractivity contribution < 1.29 is 19.0 Å². The molecule has 0 spiro atoms. The molecule has 2 aliphatic rings. The summed E-state index contributed by atoms with van der Waals surface area (Å²) in [6.45, 7) is 8.98. The van der Waals surface area contributed by atoms with Crippen molar-refractivity contribution in [2.75, 3.05) is 51.9 Å². The van der Waals surface area contributed by atoms with E-state index in [0.717, 1.165) is 50.2 Å². The van der Waals surface area contributed by atoms with Crippen LogP contribution in [0.2, 0.25) is 0 Å². The molecule has 5 N–H and O–H groups in total. The van der Waals surface area contributed by atoms with E-state index in [1.54, 1.807) is 19.1 Å². The molecular weight excluding hydrogens is 547 g/mol. The number of rotatable bonds is 4. The Labute approximate surface area is 242 Å². The normalized spacial score (nSPS) is 16.1. The maximum Gasteiger partial charge on any atom is 0.410 e. The number of nitrogens with one attached hydrogen (secondary N) is 1. The summed E-state index contributed by atoms with van der Waals surface area (Å²) in [6, 6.07) is 3.73. The molecule has 14 heteroatoms. The van der Waals surface area contributed by atoms with Gasteiger partial charge in [0.15, 0.2) is 23.1 Å². The van der Waals surface area contributed by atoms with Crippen LogP contribution >= 0.6 is 24.8 Å². The molecule has 0 bridgehead atoms. The number of amides is 1. The SMILES string of the molecule is COc1cc(C2CCN(C(=O)OC(C)(C)C)CC2)nnc1N.COc1cc(C2CCNCC2)nnc1N.Cl.Cl. The molecule has 2 aromatic heterocycles. The van der Waals surface area contributed by atoms with Gasteiger partial charge < -0.3 is 35.9 Å². The van der Waals surface area contributed by atoms with Crippen molar-refractivity contribution in [2.45, 2.75) is 63.9 Å². The van der Waals surface area contributed by atoms with Crippen LogP contribution in [0.1, 0.15) is 69.7 Å². The van der Waals surface area contributed by atoms with Crippen molar-refractivity contribution in [1.82, 2.24) is 30.6 Å². The van der Waals surface area contributed by atoms with Crippen molar-refractivity contribution in [3.8, 4) is 11.5 Å². The van der Waals surface area contributed by atoms with Gasteiger partial charge in [0.1, 0.15) is 5.60 Å². The minimum Gasteiger partial charge on any atom is -0.493 e. The molecule has 39 heavy (non-hydrogen) atoms. The molecule has 4 rings (SSSR count). The van der Waals surface area contributed by atoms with E-state index >= 15 is 0 Å². The summed E-state index contributed by atoms with van der Waals surface area (Å²) in [5, 5.41) is 19.4. The predicted octanol–water partition coefficient (Wildman–Crippen LogP) is 3.56. The highest BCUT2D eigenvalue weighted by molar-refractivity contribution is 5.85. The van der Waals surface area contributed by atoms with E-state index in [4.69, 9.17) is 25.7 Å². The van der Waals surface area contributed by atoms with Gasteiger partial charge >= 0.3 is 6.09 Å². The zero-order valence-electron chi connectivity index (χ0n) is 23.3. The lowest BCUT2D eigenvalue weighted by molar-refractivity contribution is 0.0204. The summed E-state index contributed by atoms with van der Waals surface area (Å²) in [7, 11) is 3.15. The summed E-state index contributed by atoms with van der Waals surface area (Å²) >= 11 is 0. The van der Waals surface area contributed by atoms with E-state index in [1.807, 2.05) is 32.9 Å². The molecule has 0 unspecified atom stereocenters. The molecule has 2 saturated heterocycles. The summed E-state index contributed by atoms with van der Waals surface area (Å²) < 4.78 is 15.7. The van der Waals surface area contributed by atoms with Crippen molar-refractivity contribution in [2.24, 2.45) is 0 Å². The molecule has 2 aromatic rings. The second-order valence-corrected chi connectivity index (χ2v) is 10.2. The Morgan fingerprint density at radius 2 is 1.28 bits per heavy atom. The fourth-order valence-electron chi connectivity index (χ4n) is 4.32. The molecule has 12 nitrogen and oxygen atoms in total. The Balaban J connectivity index is 0.000000394. The first-order valence-corrected chi connectivity index (χ1v) is 12.6. The standard InChI is InChI=1S/C15H24N4O3.C10H16N4O.2ClH/c1-15(2,3)22-14(20)19-7-5-10(6-8-19)11-9-12(21-4)13(16)18-17-11;1-15-9-6-8(13-14-10(9)11)7-2-4-12-5-3-7;;/h9-10H,5-8H2,1-4H3,(H2,16,18);6-7,12H,2-5H2,1H3,(H2,11,14);2*1H. The summed E-state index contributed by atoms with van der Waals surface area (Å²) in [5.41, 5.74) is 12.7. The van der Waals surface area contributed by atoms with Crippen molar-refractivity contribution in [3.05, 3.63) is 23.5 Å². The van der Waals surface area contributed by atoms with Crippen LogP contribution in [0.3, 0.4) is 0 Å². The van der Waals surface area contributed by atoms with E-state index in [-0.39, 0.29) is 42.6 Å². The lowest BCUT2D eigenvalue weighted by Crippen LogP contribution is -2.41. The number of carbonyl (C=O) groups is 1. The number of hydrogen-bond donors (Lipinski definition) is 3. The number of nitrogens with zero attached hydrogens (tertiary/aromatic N) is 5. The van der Waals surface area contributed by atoms with Crippen LogP contribution in [0.15, 0.2) is 12.1 Å². The van der Waals surface area contributed by atoms with Gasteiger partial charge in [-0.3, -0.25) is 0 Å². The lowest BCUT2D eigenvalue weighted by Gasteiger charge is -2.33. The van der Waals surface area contributed by atoms with Gasteiger partial charge in [0, 0.05) is 37.1 Å². The third-order valence-corrected chi connectivity index (χ3v) is 6.37. The van der Waals surface area contributed by atoms with Crippen LogP contribution < -0.4 is 26.3 Å². The number of hydrogen-bond acceptors (Lipinski definition) is 11. The summed E-state index contributed by atoms with van der Waals surface area (Å²) in [6.07, 6.45) is 3.58. The largest absolute Gasteiger partial charge is 0.493 e. The Bertz CT molecular complexity index is 1040. The van der Waals surface area contributed by atoms with Crippen molar-refractivity contribution in [3.63, 3.8) is 0 Å². The predicted molar refractivity (Wildman–Crippen MR) is 155 cm³/mol. The second kappa shape index (κ2) is 15.7. The minimum absolute atomic E-state index is 0. The third kappa shape index (κ3) is 10.0. The molecule has 4 heterocycles. The number of nitrogen functional groups attached to an aromatic ring is 2. The van der Waals surface area contributed by atoms with E-state index < -0.39 is 5.60 Å². The van der Waals surface area contributed by atoms with Crippen LogP contribution in [-0.2, 0) is 4.74 Å². The average molecular weight is 590 g/mol. The topological polar surface area (TPSA) is 164 Å². The molecule has 0 aliphatic carbocycles. The van der Waals surface area contributed by atoms with E-state index in [2.05, 4.69) is 25.7 Å². The maximum absolute atomic E-state index is 12.0. The highest BCUT2D eigenvalue weighted by Gasteiger charge is 2.28. The van der Waals surface area contributed by atoms with Gasteiger partial charge in [0.05, 0.1) is 25.6 Å². The number of aromatic nitrogens is 4. The average Bonchev–Trinajstić information content (AvgIpc) is 2.89. The molecule has 220 valence electrons. The van der Waals surface area contributed by atoms with Crippen LogP contribution in [0.25, 0.3) is 0 Å². The number of nitrogens with two attached hydrogens (primary N) is 2. The highest BCUT2D eigenvalue weighted by atomic mass is 35.5. The number of likely N-dealkylation sites (tertiary alicyclic amines) is 1. The van der Waals surface area contributed by atoms with Crippen molar-refractivity contribution in [1.29, 1.82) is 0 Å². The smallest absolute Gasteiger partial charge is 0.410 e. The maximum atomic E-state index is 12.0. The van der Waals surface area contributed by atoms with E-state index in [0.29, 0.717) is 36.3 Å². The van der Waals surface area contributed by atoms with E-state index in [1.165, 1.54) is 0 Å². The molecule has 0 aromatic carbocycles. The quantitative estimate of drug-likeness (QED) is 0.478. The number of anilines is 2. The number of ether oxygens (including phenoxy) is 3. The molecule has 1 amide bonds. The van der Waals surface area contributed by atoms with Gasteiger partial charge in [-0.05, 0) is 59.5 Å². The summed E-state index contributed by atoms with van der Waals surface area (Å²) in [4.78, 5) is 13.8. The number of piperidine rings is 2. The van der Waals surface area contributed by atoms with Crippen LogP contribution in [0.5, 0.6) is 11.5 Å². The van der Waals surface area contributed by atoms with Gasteiger partial charge in [-0.1, -0.05) is 0 Å². The van der Waals surface area contributed by atoms with Gasteiger partial charge in [0.2, 0.25) is 0 Å². The Morgan fingerprint density at radius 1 is 0.846 bits per heavy atom. The van der Waals surface area contributed by atoms with E-state index in [9.17, 15) is 4.79 Å². The minimum atomic E-state index is -0.469. The van der Waals surface area contributed by atoms with Gasteiger partial charge in [-0.15, -0.1) is 35.0 Å². The number of halogens is 2. The third-order valence-electron chi connectivity index (χ3n) is 6.37. The van der Waals surface area contributed by atoms with Crippen molar-refractivity contribution >= 4 is 42.5 Å². The lowest BCUT2D eigenvalue weighted by atomic mass is 9.93. The fraction of sp³-hybridized carbons (Fsp3) is 0.640.